The van der Waals surface area contributed by atoms with E-state index >= 15 is 0 Å². The van der Waals surface area contributed by atoms with Crippen LogP contribution < -0.4 is 4.90 Å². The van der Waals surface area contributed by atoms with Gasteiger partial charge in [0.1, 0.15) is 0 Å². The number of benzene rings is 1. The monoisotopic (exact) mass is 255 g/mol. The Bertz CT molecular complexity index is 308. The van der Waals surface area contributed by atoms with Crippen molar-refractivity contribution in [3.63, 3.8) is 0 Å². The summed E-state index contributed by atoms with van der Waals surface area (Å²) in [7, 11) is 0. The number of hydrogen-bond donors (Lipinski definition) is 0. The minimum atomic E-state index is -1.22. The predicted octanol–water partition coefficient (Wildman–Crippen LogP) is 3.77. The van der Waals surface area contributed by atoms with Gasteiger partial charge in [-0.1, -0.05) is 64.6 Å². The molecule has 5 heteroatoms. The van der Waals surface area contributed by atoms with Crippen LogP contribution in [-0.4, -0.2) is 8.91 Å². The summed E-state index contributed by atoms with van der Waals surface area (Å²) in [6.45, 7) is 0. The van der Waals surface area contributed by atoms with Crippen LogP contribution in [0, 0.1) is 0 Å². The van der Waals surface area contributed by atoms with Crippen molar-refractivity contribution in [1.82, 2.24) is 0 Å². The molecule has 1 aromatic carbocycles. The summed E-state index contributed by atoms with van der Waals surface area (Å²) in [6.07, 6.45) is 0. The molecule has 1 saturated heterocycles. The molecule has 0 atom stereocenters. The lowest BCUT2D eigenvalue weighted by molar-refractivity contribution is 1.29. The summed E-state index contributed by atoms with van der Waals surface area (Å²) < 4.78 is -2.45. The Kier molecular flexibility index (Phi) is 2.12. The van der Waals surface area contributed by atoms with E-state index in [0.29, 0.717) is 0 Å². The smallest absolute Gasteiger partial charge is 0.245 e. The lowest BCUT2D eigenvalue weighted by Gasteiger charge is -2.03. The number of halogens is 4. The van der Waals surface area contributed by atoms with E-state index in [0.717, 1.165) is 5.69 Å². The highest BCUT2D eigenvalue weighted by Gasteiger charge is 2.74. The molecule has 0 aliphatic carbocycles. The highest BCUT2D eigenvalue weighted by molar-refractivity contribution is 6.70. The molecular formula is C8H5Cl4N. The Hall–Kier alpha value is 0.180. The first kappa shape index (κ1) is 9.72. The van der Waals surface area contributed by atoms with Gasteiger partial charge in [-0.3, -0.25) is 0 Å². The molecule has 0 saturated carbocycles. The van der Waals surface area contributed by atoms with Gasteiger partial charge in [-0.05, 0) is 12.1 Å². The van der Waals surface area contributed by atoms with E-state index in [4.69, 9.17) is 46.4 Å². The fraction of sp³-hybridized carbons (Fsp3) is 0.250. The van der Waals surface area contributed by atoms with Gasteiger partial charge in [0.05, 0.1) is 0 Å². The van der Waals surface area contributed by atoms with Crippen LogP contribution >= 0.6 is 46.4 Å². The minimum absolute atomic E-state index is 0.803. The molecule has 70 valence electrons. The maximum atomic E-state index is 5.86. The molecule has 1 fully saturated rings. The Morgan fingerprint density at radius 3 is 1.69 bits per heavy atom. The molecule has 0 amide bonds. The topological polar surface area (TPSA) is 3.01 Å². The number of alkyl halides is 4. The Morgan fingerprint density at radius 2 is 1.31 bits per heavy atom. The van der Waals surface area contributed by atoms with E-state index in [2.05, 4.69) is 0 Å². The van der Waals surface area contributed by atoms with Crippen LogP contribution in [0.5, 0.6) is 0 Å². The van der Waals surface area contributed by atoms with Crippen molar-refractivity contribution in [2.45, 2.75) is 8.91 Å². The third kappa shape index (κ3) is 1.30. The van der Waals surface area contributed by atoms with Gasteiger partial charge in [-0.15, -0.1) is 0 Å². The summed E-state index contributed by atoms with van der Waals surface area (Å²) in [5.41, 5.74) is 0.803. The van der Waals surface area contributed by atoms with Crippen molar-refractivity contribution < 1.29 is 0 Å². The first-order valence-electron chi connectivity index (χ1n) is 3.59. The van der Waals surface area contributed by atoms with E-state index in [9.17, 15) is 0 Å². The summed E-state index contributed by atoms with van der Waals surface area (Å²) in [5.74, 6) is 0. The Balaban J connectivity index is 2.33. The molecule has 1 aliphatic rings. The van der Waals surface area contributed by atoms with Gasteiger partial charge in [-0.2, -0.15) is 0 Å². The van der Waals surface area contributed by atoms with Crippen molar-refractivity contribution in [3.8, 4) is 0 Å². The highest BCUT2D eigenvalue weighted by Crippen LogP contribution is 2.64. The van der Waals surface area contributed by atoms with Crippen LogP contribution in [0.15, 0.2) is 30.3 Å². The van der Waals surface area contributed by atoms with Gasteiger partial charge in [0, 0.05) is 5.69 Å². The van der Waals surface area contributed by atoms with Gasteiger partial charge in [0.15, 0.2) is 0 Å². The number of para-hydroxylation sites is 1. The van der Waals surface area contributed by atoms with Gasteiger partial charge in [0.25, 0.3) is 0 Å². The molecule has 1 heterocycles. The SMILES string of the molecule is ClC1(Cl)N(c2ccccc2)C1(Cl)Cl. The van der Waals surface area contributed by atoms with Crippen molar-refractivity contribution in [2.24, 2.45) is 0 Å². The van der Waals surface area contributed by atoms with Crippen molar-refractivity contribution in [3.05, 3.63) is 30.3 Å². The minimum Gasteiger partial charge on any atom is -0.300 e. The maximum Gasteiger partial charge on any atom is 0.245 e. The fourth-order valence-corrected chi connectivity index (χ4v) is 2.40. The zero-order valence-electron chi connectivity index (χ0n) is 6.35. The quantitative estimate of drug-likeness (QED) is 0.420. The summed E-state index contributed by atoms with van der Waals surface area (Å²) >= 11 is 23.4. The third-order valence-electron chi connectivity index (χ3n) is 1.89. The van der Waals surface area contributed by atoms with E-state index in [1.165, 1.54) is 4.90 Å². The second kappa shape index (κ2) is 2.83. The first-order chi connectivity index (χ1) is 5.98. The van der Waals surface area contributed by atoms with E-state index in [-0.39, 0.29) is 0 Å². The molecule has 13 heavy (non-hydrogen) atoms. The lowest BCUT2D eigenvalue weighted by Crippen LogP contribution is -2.00. The third-order valence-corrected chi connectivity index (χ3v) is 4.04. The molecule has 1 nitrogen and oxygen atoms in total. The van der Waals surface area contributed by atoms with Crippen LogP contribution in [0.1, 0.15) is 0 Å². The normalized spacial score (nSPS) is 22.9. The highest BCUT2D eigenvalue weighted by atomic mass is 35.5. The average Bonchev–Trinajstić information content (AvgIpc) is 2.44. The van der Waals surface area contributed by atoms with Crippen LogP contribution in [-0.2, 0) is 0 Å². The van der Waals surface area contributed by atoms with Crippen LogP contribution in [0.2, 0.25) is 0 Å². The second-order valence-electron chi connectivity index (χ2n) is 2.75. The summed E-state index contributed by atoms with van der Waals surface area (Å²) in [4.78, 5) is 1.52. The number of nitrogens with zero attached hydrogens (tertiary/aromatic N) is 1. The molecule has 0 aromatic heterocycles. The average molecular weight is 257 g/mol. The van der Waals surface area contributed by atoms with Gasteiger partial charge < -0.3 is 4.90 Å². The van der Waals surface area contributed by atoms with Gasteiger partial charge in [0.2, 0.25) is 8.91 Å². The molecule has 0 bridgehead atoms. The second-order valence-corrected chi connectivity index (χ2v) is 5.33. The largest absolute Gasteiger partial charge is 0.300 e. The number of anilines is 1. The van der Waals surface area contributed by atoms with Crippen LogP contribution in [0.25, 0.3) is 0 Å². The zero-order valence-corrected chi connectivity index (χ0v) is 9.37. The summed E-state index contributed by atoms with van der Waals surface area (Å²) in [6, 6.07) is 9.29. The van der Waals surface area contributed by atoms with Crippen molar-refractivity contribution >= 4 is 52.1 Å². The Morgan fingerprint density at radius 1 is 0.846 bits per heavy atom. The first-order valence-corrected chi connectivity index (χ1v) is 5.10. The van der Waals surface area contributed by atoms with Crippen LogP contribution in [0.4, 0.5) is 5.69 Å². The molecule has 2 rings (SSSR count). The van der Waals surface area contributed by atoms with Crippen molar-refractivity contribution in [2.75, 3.05) is 4.90 Å². The molecule has 0 radical (unpaired) electrons. The summed E-state index contributed by atoms with van der Waals surface area (Å²) in [5, 5.41) is 0. The fourth-order valence-electron chi connectivity index (χ4n) is 1.16. The standard InChI is InChI=1S/C8H5Cl4N/c9-7(10)8(11,12)13(7)6-4-2-1-3-5-6/h1-5H. The van der Waals surface area contributed by atoms with E-state index in [1.807, 2.05) is 30.3 Å². The number of hydrogen-bond acceptors (Lipinski definition) is 1. The Labute approximate surface area is 96.1 Å². The molecule has 0 unspecified atom stereocenters. The molecule has 1 aliphatic heterocycles. The number of rotatable bonds is 1. The van der Waals surface area contributed by atoms with Gasteiger partial charge >= 0.3 is 0 Å². The maximum absolute atomic E-state index is 5.86. The molecule has 0 spiro atoms. The zero-order chi connectivity index (χ0) is 9.69. The van der Waals surface area contributed by atoms with E-state index < -0.39 is 8.91 Å². The molecule has 0 N–H and O–H groups in total. The molecular weight excluding hydrogens is 252 g/mol. The van der Waals surface area contributed by atoms with Gasteiger partial charge in [-0.25, -0.2) is 0 Å². The predicted molar refractivity (Wildman–Crippen MR) is 57.8 cm³/mol. The van der Waals surface area contributed by atoms with Crippen LogP contribution in [0.3, 0.4) is 0 Å². The van der Waals surface area contributed by atoms with E-state index in [1.54, 1.807) is 0 Å². The lowest BCUT2D eigenvalue weighted by atomic mass is 10.3. The molecule has 1 aromatic rings. The van der Waals surface area contributed by atoms with Crippen molar-refractivity contribution in [1.29, 1.82) is 0 Å².